The number of oxazole rings is 1. The molecule has 6 saturated heterocycles. The molecule has 28 heteroatoms. The summed E-state index contributed by atoms with van der Waals surface area (Å²) in [6.45, 7) is 34.5. The number of aromatic nitrogens is 6. The lowest BCUT2D eigenvalue weighted by Gasteiger charge is -2.30. The summed E-state index contributed by atoms with van der Waals surface area (Å²) < 4.78 is 10.5. The highest BCUT2D eigenvalue weighted by atomic mass is 32.1. The summed E-state index contributed by atoms with van der Waals surface area (Å²) in [5.74, 6) is 6.41. The number of hydrogen-bond donors (Lipinski definition) is 6. The molecule has 108 heavy (non-hydrogen) atoms. The largest absolute Gasteiger partial charge is 0.444 e. The second-order valence-electron chi connectivity index (χ2n) is 32.5. The van der Waals surface area contributed by atoms with Crippen LogP contribution in [0.15, 0.2) is 80.7 Å². The fourth-order valence-electron chi connectivity index (χ4n) is 15.2. The molecule has 6 fully saturated rings. The number of likely N-dealkylation sites (tertiary alicyclic amines) is 6. The van der Waals surface area contributed by atoms with Gasteiger partial charge in [-0.3, -0.25) is 28.8 Å². The minimum atomic E-state index is -0.0946. The molecule has 2 aliphatic carbocycles. The third-order valence-electron chi connectivity index (χ3n) is 21.8. The first-order valence-corrected chi connectivity index (χ1v) is 41.0. The van der Waals surface area contributed by atoms with Crippen molar-refractivity contribution in [3.63, 3.8) is 0 Å². The molecule has 12 unspecified atom stereocenters. The summed E-state index contributed by atoms with van der Waals surface area (Å²) in [5.41, 5.74) is 4.53. The average molecular weight is 1540 g/mol. The lowest BCUT2D eigenvalue weighted by Crippen LogP contribution is -2.45. The van der Waals surface area contributed by atoms with Gasteiger partial charge in [0.2, 0.25) is 47.7 Å². The summed E-state index contributed by atoms with van der Waals surface area (Å²) in [4.78, 5) is 95.3. The van der Waals surface area contributed by atoms with Crippen molar-refractivity contribution in [1.29, 1.82) is 0 Å². The molecule has 12 rings (SSSR count). The van der Waals surface area contributed by atoms with E-state index in [4.69, 9.17) is 8.83 Å². The molecule has 26 nitrogen and oxygen atoms in total. The fraction of sp³-hybridized carbons (Fsp3) is 0.700. The lowest BCUT2D eigenvalue weighted by molar-refractivity contribution is -0.134. The number of aryl methyl sites for hydroxylation is 2. The first-order chi connectivity index (χ1) is 51.4. The van der Waals surface area contributed by atoms with Gasteiger partial charge in [0.1, 0.15) is 16.3 Å². The summed E-state index contributed by atoms with van der Waals surface area (Å²) in [6.07, 6.45) is 30.1. The Kier molecular flexibility index (Phi) is 35.2. The predicted molar refractivity (Wildman–Crippen MR) is 427 cm³/mol. The van der Waals surface area contributed by atoms with Gasteiger partial charge in [0.05, 0.1) is 73.6 Å². The Morgan fingerprint density at radius 3 is 1.21 bits per heavy atom. The number of rotatable bonds is 18. The number of carbonyl (C=O) groups is 6. The fourth-order valence-corrected chi connectivity index (χ4v) is 16.5. The molecule has 0 spiro atoms. The van der Waals surface area contributed by atoms with Crippen LogP contribution in [-0.2, 0) is 54.9 Å². The molecule has 10 heterocycles. The summed E-state index contributed by atoms with van der Waals surface area (Å²) in [7, 11) is 11.2. The van der Waals surface area contributed by atoms with Gasteiger partial charge in [-0.05, 0) is 173 Å². The topological polar surface area (TPSA) is 298 Å². The maximum Gasteiger partial charge on any atom is 0.240 e. The van der Waals surface area contributed by atoms with Gasteiger partial charge in [-0.2, -0.15) is 0 Å². The number of likely N-dealkylation sites (N-methyl/N-ethyl adjacent to an activating group) is 6. The number of carbonyl (C=O) groups excluding carboxylic acids is 6. The smallest absolute Gasteiger partial charge is 0.240 e. The van der Waals surface area contributed by atoms with E-state index in [1.165, 1.54) is 33.8 Å². The van der Waals surface area contributed by atoms with E-state index in [-0.39, 0.29) is 82.5 Å². The monoisotopic (exact) mass is 1530 g/mol. The second kappa shape index (κ2) is 43.0. The molecule has 0 radical (unpaired) electrons. The summed E-state index contributed by atoms with van der Waals surface area (Å²) in [6, 6.07) is -0.259. The quantitative estimate of drug-likeness (QED) is 0.0541. The second-order valence-corrected chi connectivity index (χ2v) is 34.7. The van der Waals surface area contributed by atoms with E-state index in [1.54, 1.807) is 27.9 Å². The van der Waals surface area contributed by atoms with E-state index >= 15 is 0 Å². The van der Waals surface area contributed by atoms with Crippen LogP contribution >= 0.6 is 22.7 Å². The van der Waals surface area contributed by atoms with Crippen LogP contribution in [0.4, 0.5) is 0 Å². The van der Waals surface area contributed by atoms with Crippen LogP contribution in [-0.4, -0.2) is 226 Å². The van der Waals surface area contributed by atoms with Crippen LogP contribution < -0.4 is 31.9 Å². The molecular weight excluding hydrogens is 1410 g/mol. The molecule has 0 saturated carbocycles. The summed E-state index contributed by atoms with van der Waals surface area (Å²) >= 11 is 3.17. The van der Waals surface area contributed by atoms with Crippen molar-refractivity contribution in [2.45, 2.75) is 223 Å². The number of nitrogens with one attached hydrogen (secondary N) is 6. The molecule has 0 aromatic carbocycles. The standard InChI is InChI=1S/2C16H26N2O.C13H21N3O2.C13H21N3OS.C11H18N4O2.C11H18N4OS/c1-12-5-6-14(17-4)15(19)18(10-12)11-13-7-8-16(2,3)9-13;1-12-7-8-14(17-4)15(19)18(10-12)11-13-6-5-9-16(13,2)3;2*1-9-4-5-12(14-3)13(17)16(7-9)8-11-6-15-10(2)18-11;2*1-8-3-4-9(12-2)11(16)15(5-8)6-10-14-13-7-17-10/h7-9,12,14,17H,5-6,10-11H2,1-4H3;5-6,9,12,14,17H,7-8,10-11H2,1-4H3;2*6,9,12,14H,4-5,7-8H2,1-3H3;2*7-9,12H,3-6H2,1-2H3. The Balaban J connectivity index is 0.000000181. The van der Waals surface area contributed by atoms with Gasteiger partial charge in [-0.1, -0.05) is 106 Å². The van der Waals surface area contributed by atoms with E-state index < -0.39 is 0 Å². The van der Waals surface area contributed by atoms with Crippen LogP contribution in [0.3, 0.4) is 0 Å². The zero-order chi connectivity index (χ0) is 78.8. The van der Waals surface area contributed by atoms with Gasteiger partial charge < -0.3 is 70.1 Å². The number of nitrogens with zero attached hydrogens (tertiary/aromatic N) is 12. The van der Waals surface area contributed by atoms with Crippen molar-refractivity contribution in [3.8, 4) is 0 Å². The maximum atomic E-state index is 12.5. The number of amides is 6. The number of allylic oxidation sites excluding steroid dienone is 5. The average Bonchev–Trinajstić information content (AvgIpc) is 1.73. The van der Waals surface area contributed by atoms with E-state index in [2.05, 4.69) is 168 Å². The molecule has 6 amide bonds. The molecule has 0 bridgehead atoms. The first kappa shape index (κ1) is 88.3. The minimum Gasteiger partial charge on any atom is -0.444 e. The molecule has 600 valence electrons. The van der Waals surface area contributed by atoms with Gasteiger partial charge in [0.25, 0.3) is 0 Å². The van der Waals surface area contributed by atoms with E-state index in [0.717, 1.165) is 145 Å². The van der Waals surface area contributed by atoms with Gasteiger partial charge in [0.15, 0.2) is 5.89 Å². The first-order valence-electron chi connectivity index (χ1n) is 39.3. The minimum absolute atomic E-state index is 0.0102. The Labute approximate surface area is 651 Å². The number of thiazole rings is 1. The maximum absolute atomic E-state index is 12.5. The lowest BCUT2D eigenvalue weighted by atomic mass is 9.87. The highest BCUT2D eigenvalue weighted by Gasteiger charge is 2.36. The molecule has 4 aromatic heterocycles. The van der Waals surface area contributed by atoms with Crippen molar-refractivity contribution in [2.75, 3.05) is 94.6 Å². The summed E-state index contributed by atoms with van der Waals surface area (Å²) in [5, 5.41) is 35.9. The van der Waals surface area contributed by atoms with Crippen LogP contribution in [0.2, 0.25) is 0 Å². The van der Waals surface area contributed by atoms with Gasteiger partial charge in [-0.25, -0.2) is 9.97 Å². The van der Waals surface area contributed by atoms with Crippen molar-refractivity contribution in [3.05, 3.63) is 104 Å². The Bertz CT molecular complexity index is 3420. The van der Waals surface area contributed by atoms with E-state index in [0.29, 0.717) is 73.5 Å². The third kappa shape index (κ3) is 27.2. The third-order valence-corrected chi connectivity index (χ3v) is 23.4. The van der Waals surface area contributed by atoms with Crippen LogP contribution in [0.1, 0.15) is 179 Å². The van der Waals surface area contributed by atoms with E-state index in [9.17, 15) is 28.8 Å². The molecular formula is C80H130N18O8S2. The molecule has 6 aliphatic heterocycles. The van der Waals surface area contributed by atoms with Crippen LogP contribution in [0.5, 0.6) is 0 Å². The SMILES string of the molecule is CNC1CCC(C)CN(CC2=CC(C)(C)C=C2)C1=O.CNC1CCC(C)CN(CC2=CC=CC2(C)C)C1=O.CNC1CCC(C)CN(Cc2cnc(C)o2)C1=O.CNC1CCC(C)CN(Cc2cnc(C)s2)C1=O.CNC1CCC(C)CN(Cc2nnco2)C1=O.CNC1CCC(C)CN(Cc2nncs2)C1=O. The molecule has 4 aromatic rings. The van der Waals surface area contributed by atoms with Crippen LogP contribution in [0.25, 0.3) is 0 Å². The van der Waals surface area contributed by atoms with Gasteiger partial charge in [-0.15, -0.1) is 43.1 Å². The van der Waals surface area contributed by atoms with Crippen molar-refractivity contribution in [2.24, 2.45) is 46.3 Å². The molecule has 8 aliphatic rings. The zero-order valence-electron chi connectivity index (χ0n) is 68.1. The highest BCUT2D eigenvalue weighted by Crippen LogP contribution is 2.35. The van der Waals surface area contributed by atoms with Crippen molar-refractivity contribution in [1.82, 2.24) is 91.7 Å². The Morgan fingerprint density at radius 2 is 0.880 bits per heavy atom. The Hall–Kier alpha value is -6.92. The molecule has 6 N–H and O–H groups in total. The Morgan fingerprint density at radius 1 is 0.472 bits per heavy atom. The van der Waals surface area contributed by atoms with Gasteiger partial charge >= 0.3 is 0 Å². The van der Waals surface area contributed by atoms with Gasteiger partial charge in [0, 0.05) is 81.2 Å². The van der Waals surface area contributed by atoms with Crippen molar-refractivity contribution >= 4 is 58.1 Å². The highest BCUT2D eigenvalue weighted by molar-refractivity contribution is 7.11. The normalized spacial score (nSPS) is 27.3. The van der Waals surface area contributed by atoms with Crippen LogP contribution in [0, 0.1) is 60.2 Å². The molecule has 12 atom stereocenters. The predicted octanol–water partition coefficient (Wildman–Crippen LogP) is 9.14. The number of hydrogen-bond acceptors (Lipinski definition) is 22. The van der Waals surface area contributed by atoms with Crippen molar-refractivity contribution < 1.29 is 37.6 Å². The zero-order valence-corrected chi connectivity index (χ0v) is 69.8. The van der Waals surface area contributed by atoms with E-state index in [1.807, 2.05) is 86.8 Å².